The van der Waals surface area contributed by atoms with Crippen LogP contribution in [0.5, 0.6) is 5.75 Å². The molecule has 0 spiro atoms. The normalized spacial score (nSPS) is 10.3. The van der Waals surface area contributed by atoms with Crippen molar-refractivity contribution in [3.05, 3.63) is 76.0 Å². The fourth-order valence-corrected chi connectivity index (χ4v) is 2.88. The lowest BCUT2D eigenvalue weighted by atomic mass is 10.2. The maximum Gasteiger partial charge on any atom is 0.337 e. The summed E-state index contributed by atoms with van der Waals surface area (Å²) in [5.41, 5.74) is 1.03. The average Bonchev–Trinajstić information content (AvgIpc) is 3.16. The van der Waals surface area contributed by atoms with Crippen molar-refractivity contribution in [2.45, 2.75) is 6.61 Å². The molecule has 3 rings (SSSR count). The van der Waals surface area contributed by atoms with Crippen LogP contribution in [0, 0.1) is 5.82 Å². The second-order valence-corrected chi connectivity index (χ2v) is 6.34. The lowest BCUT2D eigenvalue weighted by Gasteiger charge is -2.05. The number of anilines is 1. The summed E-state index contributed by atoms with van der Waals surface area (Å²) in [4.78, 5) is 28.1. The number of carbonyl (C=O) groups excluding carboxylic acids is 2. The van der Waals surface area contributed by atoms with Gasteiger partial charge in [0.2, 0.25) is 0 Å². The van der Waals surface area contributed by atoms with Crippen molar-refractivity contribution < 1.29 is 23.5 Å². The van der Waals surface area contributed by atoms with Crippen molar-refractivity contribution in [2.75, 3.05) is 12.4 Å². The fourth-order valence-electron chi connectivity index (χ4n) is 2.19. The Kier molecular flexibility index (Phi) is 5.77. The minimum atomic E-state index is -0.486. The summed E-state index contributed by atoms with van der Waals surface area (Å²) < 4.78 is 23.0. The monoisotopic (exact) mass is 386 g/mol. The Morgan fingerprint density at radius 2 is 1.96 bits per heavy atom. The van der Waals surface area contributed by atoms with E-state index in [1.165, 1.54) is 48.8 Å². The van der Waals surface area contributed by atoms with Gasteiger partial charge in [-0.25, -0.2) is 14.2 Å². The summed E-state index contributed by atoms with van der Waals surface area (Å²) in [6.45, 7) is 0.168. The van der Waals surface area contributed by atoms with E-state index in [1.54, 1.807) is 23.6 Å². The van der Waals surface area contributed by atoms with E-state index in [2.05, 4.69) is 15.0 Å². The zero-order chi connectivity index (χ0) is 19.2. The number of aromatic nitrogens is 1. The predicted octanol–water partition coefficient (Wildman–Crippen LogP) is 3.90. The molecule has 3 aromatic rings. The van der Waals surface area contributed by atoms with Crippen molar-refractivity contribution in [2.24, 2.45) is 0 Å². The zero-order valence-electron chi connectivity index (χ0n) is 14.3. The van der Waals surface area contributed by atoms with Crippen LogP contribution in [0.2, 0.25) is 0 Å². The van der Waals surface area contributed by atoms with Gasteiger partial charge in [-0.2, -0.15) is 0 Å². The molecule has 1 amide bonds. The van der Waals surface area contributed by atoms with Crippen molar-refractivity contribution in [3.63, 3.8) is 0 Å². The van der Waals surface area contributed by atoms with Gasteiger partial charge >= 0.3 is 5.97 Å². The van der Waals surface area contributed by atoms with Crippen LogP contribution in [0.4, 0.5) is 10.1 Å². The molecule has 0 radical (unpaired) electrons. The molecule has 0 fully saturated rings. The molecule has 6 nitrogen and oxygen atoms in total. The summed E-state index contributed by atoms with van der Waals surface area (Å²) in [6.07, 6.45) is 0. The van der Waals surface area contributed by atoms with E-state index in [4.69, 9.17) is 4.74 Å². The summed E-state index contributed by atoms with van der Waals surface area (Å²) in [7, 11) is 1.29. The number of esters is 1. The molecule has 0 unspecified atom stereocenters. The van der Waals surface area contributed by atoms with Gasteiger partial charge in [0.05, 0.1) is 12.7 Å². The van der Waals surface area contributed by atoms with Crippen LogP contribution in [0.3, 0.4) is 0 Å². The molecule has 0 saturated carbocycles. The SMILES string of the molecule is COC(=O)c1cccc(NC(=O)c2csc(COc3ccc(F)cc3)n2)c1. The maximum atomic E-state index is 12.9. The number of amides is 1. The topological polar surface area (TPSA) is 77.5 Å². The Labute approximate surface area is 158 Å². The van der Waals surface area contributed by atoms with Gasteiger partial charge in [-0.05, 0) is 42.5 Å². The van der Waals surface area contributed by atoms with Crippen LogP contribution in [0.1, 0.15) is 25.9 Å². The fraction of sp³-hybridized carbons (Fsp3) is 0.105. The van der Waals surface area contributed by atoms with E-state index >= 15 is 0 Å². The van der Waals surface area contributed by atoms with Gasteiger partial charge < -0.3 is 14.8 Å². The summed E-state index contributed by atoms with van der Waals surface area (Å²) >= 11 is 1.28. The van der Waals surface area contributed by atoms with Gasteiger partial charge in [0, 0.05) is 11.1 Å². The highest BCUT2D eigenvalue weighted by Crippen LogP contribution is 2.17. The number of nitrogens with zero attached hydrogens (tertiary/aromatic N) is 1. The molecule has 0 saturated heterocycles. The Morgan fingerprint density at radius 3 is 2.70 bits per heavy atom. The van der Waals surface area contributed by atoms with E-state index in [0.717, 1.165) is 0 Å². The van der Waals surface area contributed by atoms with Gasteiger partial charge in [-0.3, -0.25) is 4.79 Å². The highest BCUT2D eigenvalue weighted by atomic mass is 32.1. The third-order valence-corrected chi connectivity index (χ3v) is 4.32. The molecule has 2 aromatic carbocycles. The molecule has 0 bridgehead atoms. The molecule has 1 heterocycles. The first kappa shape index (κ1) is 18.5. The zero-order valence-corrected chi connectivity index (χ0v) is 15.1. The molecule has 0 atom stereocenters. The van der Waals surface area contributed by atoms with Crippen LogP contribution < -0.4 is 10.1 Å². The van der Waals surface area contributed by atoms with E-state index in [0.29, 0.717) is 22.0 Å². The molecule has 8 heteroatoms. The first-order chi connectivity index (χ1) is 13.0. The minimum absolute atomic E-state index is 0.168. The number of hydrogen-bond donors (Lipinski definition) is 1. The molecule has 0 aliphatic heterocycles. The van der Waals surface area contributed by atoms with Crippen LogP contribution in [-0.4, -0.2) is 24.0 Å². The molecule has 1 aromatic heterocycles. The maximum absolute atomic E-state index is 12.9. The first-order valence-electron chi connectivity index (χ1n) is 7.87. The lowest BCUT2D eigenvalue weighted by molar-refractivity contribution is 0.0600. The average molecular weight is 386 g/mol. The number of carbonyl (C=O) groups is 2. The standard InChI is InChI=1S/C19H15FN2O4S/c1-25-19(24)12-3-2-4-14(9-12)21-18(23)16-11-27-17(22-16)10-26-15-7-5-13(20)6-8-15/h2-9,11H,10H2,1H3,(H,21,23). The quantitative estimate of drug-likeness (QED) is 0.650. The minimum Gasteiger partial charge on any atom is -0.486 e. The Balaban J connectivity index is 1.61. The number of halogens is 1. The van der Waals surface area contributed by atoms with Crippen molar-refractivity contribution in [1.82, 2.24) is 4.98 Å². The Hall–Kier alpha value is -3.26. The Bertz CT molecular complexity index is 956. The number of methoxy groups -OCH3 is 1. The van der Waals surface area contributed by atoms with Gasteiger partial charge in [0.25, 0.3) is 5.91 Å². The molecule has 1 N–H and O–H groups in total. The van der Waals surface area contributed by atoms with Crippen molar-refractivity contribution in [1.29, 1.82) is 0 Å². The number of benzene rings is 2. The van der Waals surface area contributed by atoms with Gasteiger partial charge in [0.15, 0.2) is 0 Å². The highest BCUT2D eigenvalue weighted by Gasteiger charge is 2.13. The molecule has 27 heavy (non-hydrogen) atoms. The van der Waals surface area contributed by atoms with Crippen molar-refractivity contribution in [3.8, 4) is 5.75 Å². The Morgan fingerprint density at radius 1 is 1.19 bits per heavy atom. The second-order valence-electron chi connectivity index (χ2n) is 5.40. The number of nitrogens with one attached hydrogen (secondary N) is 1. The van der Waals surface area contributed by atoms with Crippen LogP contribution >= 0.6 is 11.3 Å². The predicted molar refractivity (Wildman–Crippen MR) is 98.6 cm³/mol. The van der Waals surface area contributed by atoms with Crippen LogP contribution in [-0.2, 0) is 11.3 Å². The van der Waals surface area contributed by atoms with E-state index in [-0.39, 0.29) is 18.1 Å². The van der Waals surface area contributed by atoms with E-state index < -0.39 is 11.9 Å². The van der Waals surface area contributed by atoms with Gasteiger partial charge in [-0.1, -0.05) is 6.07 Å². The van der Waals surface area contributed by atoms with E-state index in [1.807, 2.05) is 0 Å². The van der Waals surface area contributed by atoms with E-state index in [9.17, 15) is 14.0 Å². The number of ether oxygens (including phenoxy) is 2. The highest BCUT2D eigenvalue weighted by molar-refractivity contribution is 7.09. The molecular formula is C19H15FN2O4S. The first-order valence-corrected chi connectivity index (χ1v) is 8.75. The molecule has 0 aliphatic carbocycles. The van der Waals surface area contributed by atoms with Crippen LogP contribution in [0.15, 0.2) is 53.9 Å². The third-order valence-electron chi connectivity index (χ3n) is 3.50. The largest absolute Gasteiger partial charge is 0.486 e. The molecular weight excluding hydrogens is 371 g/mol. The summed E-state index contributed by atoms with van der Waals surface area (Å²) in [5, 5.41) is 4.90. The number of thiazole rings is 1. The van der Waals surface area contributed by atoms with Crippen molar-refractivity contribution >= 4 is 28.9 Å². The lowest BCUT2D eigenvalue weighted by Crippen LogP contribution is -2.13. The summed E-state index contributed by atoms with van der Waals surface area (Å²) in [5.74, 6) is -0.717. The van der Waals surface area contributed by atoms with Crippen LogP contribution in [0.25, 0.3) is 0 Å². The third kappa shape index (κ3) is 4.89. The summed E-state index contributed by atoms with van der Waals surface area (Å²) in [6, 6.07) is 12.1. The number of hydrogen-bond acceptors (Lipinski definition) is 6. The second kappa shape index (κ2) is 8.41. The van der Waals surface area contributed by atoms with Gasteiger partial charge in [-0.15, -0.1) is 11.3 Å². The molecule has 138 valence electrons. The van der Waals surface area contributed by atoms with Gasteiger partial charge in [0.1, 0.15) is 28.9 Å². The molecule has 0 aliphatic rings. The number of rotatable bonds is 6. The smallest absolute Gasteiger partial charge is 0.337 e.